The third-order valence-electron chi connectivity index (χ3n) is 4.52. The zero-order valence-corrected chi connectivity index (χ0v) is 17.0. The molecule has 0 spiro atoms. The highest BCUT2D eigenvalue weighted by molar-refractivity contribution is 5.85. The van der Waals surface area contributed by atoms with E-state index in [1.54, 1.807) is 20.2 Å². The van der Waals surface area contributed by atoms with Crippen molar-refractivity contribution in [2.75, 3.05) is 27.2 Å². The lowest BCUT2D eigenvalue weighted by molar-refractivity contribution is -0.127. The maximum Gasteiger partial charge on any atom is 0.243 e. The Morgan fingerprint density at radius 1 is 1.18 bits per heavy atom. The summed E-state index contributed by atoms with van der Waals surface area (Å²) in [5.41, 5.74) is 3.13. The molecule has 0 aliphatic heterocycles. The second kappa shape index (κ2) is 10.4. The highest BCUT2D eigenvalue weighted by atomic mass is 19.1. The lowest BCUT2D eigenvalue weighted by Crippen LogP contribution is -2.40. The molecule has 0 radical (unpaired) electrons. The van der Waals surface area contributed by atoms with Gasteiger partial charge in [0, 0.05) is 20.6 Å². The number of amides is 1. The summed E-state index contributed by atoms with van der Waals surface area (Å²) in [5.74, 6) is 0.283. The van der Waals surface area contributed by atoms with Crippen molar-refractivity contribution in [1.29, 1.82) is 0 Å². The molecule has 1 amide bonds. The van der Waals surface area contributed by atoms with Crippen molar-refractivity contribution in [2.24, 2.45) is 4.99 Å². The molecule has 5 nitrogen and oxygen atoms in total. The van der Waals surface area contributed by atoms with Gasteiger partial charge in [-0.2, -0.15) is 0 Å². The molecule has 0 saturated heterocycles. The largest absolute Gasteiger partial charge is 0.356 e. The predicted octanol–water partition coefficient (Wildman–Crippen LogP) is 3.06. The van der Waals surface area contributed by atoms with Crippen molar-refractivity contribution in [3.05, 3.63) is 71.0 Å². The number of carbonyl (C=O) groups is 1. The van der Waals surface area contributed by atoms with Gasteiger partial charge < -0.3 is 15.5 Å². The van der Waals surface area contributed by atoms with Gasteiger partial charge in [-0.3, -0.25) is 4.79 Å². The molecule has 0 heterocycles. The molecular weight excluding hydrogens is 355 g/mol. The van der Waals surface area contributed by atoms with Gasteiger partial charge in [0.05, 0.1) is 6.04 Å². The Balaban J connectivity index is 2.02. The summed E-state index contributed by atoms with van der Waals surface area (Å²) in [4.78, 5) is 17.8. The molecule has 6 heteroatoms. The number of rotatable bonds is 7. The number of aliphatic imine (C=N–C) groups is 1. The molecule has 0 aromatic heterocycles. The second-order valence-electron chi connectivity index (χ2n) is 6.98. The number of hydrogen-bond acceptors (Lipinski definition) is 2. The fourth-order valence-corrected chi connectivity index (χ4v) is 2.73. The van der Waals surface area contributed by atoms with Gasteiger partial charge in [-0.25, -0.2) is 9.38 Å². The highest BCUT2D eigenvalue weighted by Gasteiger charge is 2.10. The number of likely N-dealkylation sites (N-methyl/N-ethyl adjacent to an activating group) is 1. The molecular formula is C22H29FN4O. The fourth-order valence-electron chi connectivity index (χ4n) is 2.73. The molecule has 0 saturated carbocycles. The number of nitrogens with zero attached hydrogens (tertiary/aromatic N) is 2. The van der Waals surface area contributed by atoms with Crippen LogP contribution in [-0.2, 0) is 11.2 Å². The van der Waals surface area contributed by atoms with Gasteiger partial charge in [-0.1, -0.05) is 36.4 Å². The molecule has 2 N–H and O–H groups in total. The number of nitrogens with one attached hydrogen (secondary N) is 2. The summed E-state index contributed by atoms with van der Waals surface area (Å²) in [6.45, 7) is 4.64. The summed E-state index contributed by atoms with van der Waals surface area (Å²) in [6.07, 6.45) is 0.730. The molecule has 0 fully saturated rings. The third kappa shape index (κ3) is 6.68. The molecule has 0 bridgehead atoms. The van der Waals surface area contributed by atoms with E-state index in [9.17, 15) is 9.18 Å². The van der Waals surface area contributed by atoms with E-state index in [0.29, 0.717) is 12.5 Å². The second-order valence-corrected chi connectivity index (χ2v) is 6.98. The van der Waals surface area contributed by atoms with E-state index in [-0.39, 0.29) is 24.3 Å². The monoisotopic (exact) mass is 384 g/mol. The summed E-state index contributed by atoms with van der Waals surface area (Å²) in [5, 5.41) is 6.63. The number of halogens is 1. The van der Waals surface area contributed by atoms with Gasteiger partial charge in [-0.15, -0.1) is 0 Å². The SMILES string of the molecule is Cc1cc(F)ccc1CCNC(=NCC(=O)N(C)C)NC(C)c1ccccc1. The summed E-state index contributed by atoms with van der Waals surface area (Å²) < 4.78 is 13.3. The first-order chi connectivity index (χ1) is 13.4. The normalized spacial score (nSPS) is 12.4. The maximum absolute atomic E-state index is 13.3. The van der Waals surface area contributed by atoms with E-state index in [1.165, 1.54) is 17.0 Å². The molecule has 2 aromatic rings. The number of aryl methyl sites for hydroxylation is 1. The topological polar surface area (TPSA) is 56.7 Å². The van der Waals surface area contributed by atoms with Crippen LogP contribution in [0.2, 0.25) is 0 Å². The Kier molecular flexibility index (Phi) is 7.99. The third-order valence-corrected chi connectivity index (χ3v) is 4.52. The van der Waals surface area contributed by atoms with E-state index in [4.69, 9.17) is 0 Å². The van der Waals surface area contributed by atoms with Crippen LogP contribution in [0.1, 0.15) is 29.7 Å². The standard InChI is InChI=1S/C22H29FN4O/c1-16-14-20(23)11-10-18(16)12-13-24-22(25-15-21(28)27(3)4)26-17(2)19-8-6-5-7-9-19/h5-11,14,17H,12-13,15H2,1-4H3,(H2,24,25,26). The van der Waals surface area contributed by atoms with Crippen LogP contribution in [0.4, 0.5) is 4.39 Å². The van der Waals surface area contributed by atoms with Crippen molar-refractivity contribution < 1.29 is 9.18 Å². The molecule has 1 atom stereocenters. The van der Waals surface area contributed by atoms with Crippen LogP contribution in [0, 0.1) is 12.7 Å². The molecule has 0 aliphatic rings. The van der Waals surface area contributed by atoms with Crippen molar-refractivity contribution in [3.63, 3.8) is 0 Å². The zero-order chi connectivity index (χ0) is 20.5. The summed E-state index contributed by atoms with van der Waals surface area (Å²) >= 11 is 0. The van der Waals surface area contributed by atoms with E-state index < -0.39 is 0 Å². The van der Waals surface area contributed by atoms with Gasteiger partial charge in [-0.05, 0) is 49.1 Å². The van der Waals surface area contributed by atoms with Crippen LogP contribution in [0.5, 0.6) is 0 Å². The van der Waals surface area contributed by atoms with Crippen LogP contribution in [0.15, 0.2) is 53.5 Å². The Hall–Kier alpha value is -2.89. The Labute approximate surface area is 166 Å². The Morgan fingerprint density at radius 3 is 2.54 bits per heavy atom. The minimum atomic E-state index is -0.225. The van der Waals surface area contributed by atoms with Crippen LogP contribution >= 0.6 is 0 Å². The smallest absolute Gasteiger partial charge is 0.243 e. The lowest BCUT2D eigenvalue weighted by atomic mass is 10.1. The number of guanidine groups is 1. The van der Waals surface area contributed by atoms with Gasteiger partial charge in [0.1, 0.15) is 12.4 Å². The number of carbonyl (C=O) groups excluding carboxylic acids is 1. The molecule has 0 aliphatic carbocycles. The van der Waals surface area contributed by atoms with Crippen LogP contribution in [0.3, 0.4) is 0 Å². The Morgan fingerprint density at radius 2 is 1.89 bits per heavy atom. The van der Waals surface area contributed by atoms with Gasteiger partial charge in [0.25, 0.3) is 0 Å². The van der Waals surface area contributed by atoms with Crippen molar-refractivity contribution >= 4 is 11.9 Å². The van der Waals surface area contributed by atoms with Crippen LogP contribution < -0.4 is 10.6 Å². The fraction of sp³-hybridized carbons (Fsp3) is 0.364. The average Bonchev–Trinajstić information content (AvgIpc) is 2.67. The summed E-state index contributed by atoms with van der Waals surface area (Å²) in [7, 11) is 3.42. The number of benzene rings is 2. The van der Waals surface area contributed by atoms with E-state index in [1.807, 2.05) is 44.2 Å². The predicted molar refractivity (Wildman–Crippen MR) is 112 cm³/mol. The van der Waals surface area contributed by atoms with E-state index in [0.717, 1.165) is 23.1 Å². The highest BCUT2D eigenvalue weighted by Crippen LogP contribution is 2.12. The van der Waals surface area contributed by atoms with Crippen LogP contribution in [0.25, 0.3) is 0 Å². The quantitative estimate of drug-likeness (QED) is 0.570. The molecule has 1 unspecified atom stereocenters. The zero-order valence-electron chi connectivity index (χ0n) is 17.0. The molecule has 2 aromatic carbocycles. The molecule has 150 valence electrons. The average molecular weight is 384 g/mol. The van der Waals surface area contributed by atoms with Gasteiger partial charge in [0.15, 0.2) is 5.96 Å². The van der Waals surface area contributed by atoms with Crippen molar-refractivity contribution in [1.82, 2.24) is 15.5 Å². The van der Waals surface area contributed by atoms with Crippen LogP contribution in [-0.4, -0.2) is 44.0 Å². The lowest BCUT2D eigenvalue weighted by Gasteiger charge is -2.19. The molecule has 28 heavy (non-hydrogen) atoms. The first kappa shape index (κ1) is 21.4. The van der Waals surface area contributed by atoms with E-state index in [2.05, 4.69) is 15.6 Å². The van der Waals surface area contributed by atoms with Gasteiger partial charge in [0.2, 0.25) is 5.91 Å². The number of hydrogen-bond donors (Lipinski definition) is 2. The van der Waals surface area contributed by atoms with Gasteiger partial charge >= 0.3 is 0 Å². The Bertz CT molecular complexity index is 805. The minimum Gasteiger partial charge on any atom is -0.356 e. The summed E-state index contributed by atoms with van der Waals surface area (Å²) in [6, 6.07) is 14.9. The first-order valence-corrected chi connectivity index (χ1v) is 9.42. The maximum atomic E-state index is 13.3. The minimum absolute atomic E-state index is 0.0365. The van der Waals surface area contributed by atoms with Crippen molar-refractivity contribution in [2.45, 2.75) is 26.3 Å². The first-order valence-electron chi connectivity index (χ1n) is 9.42. The van der Waals surface area contributed by atoms with E-state index >= 15 is 0 Å². The van der Waals surface area contributed by atoms with Crippen molar-refractivity contribution in [3.8, 4) is 0 Å². The molecule has 2 rings (SSSR count).